The minimum Gasteiger partial charge on any atom is -0.444 e. The molecule has 2 heterocycles. The number of likely N-dealkylation sites (tertiary alicyclic amines) is 1. The second kappa shape index (κ2) is 7.64. The van der Waals surface area contributed by atoms with Gasteiger partial charge in [-0.1, -0.05) is 6.07 Å². The number of ether oxygens (including phenoxy) is 1. The first-order valence-electron chi connectivity index (χ1n) is 8.25. The molecular formula is C18H25FN2O3. The van der Waals surface area contributed by atoms with Crippen LogP contribution in [0.1, 0.15) is 45.6 Å². The maximum Gasteiger partial charge on any atom is 0.410 e. The van der Waals surface area contributed by atoms with Crippen molar-refractivity contribution in [2.75, 3.05) is 13.1 Å². The van der Waals surface area contributed by atoms with Crippen LogP contribution in [0.5, 0.6) is 0 Å². The zero-order chi connectivity index (χ0) is 17.7. The minimum atomic E-state index is -0.773. The van der Waals surface area contributed by atoms with E-state index in [0.29, 0.717) is 11.1 Å². The summed E-state index contributed by atoms with van der Waals surface area (Å²) in [5, 5.41) is 0. The first kappa shape index (κ1) is 18.2. The summed E-state index contributed by atoms with van der Waals surface area (Å²) < 4.78 is 22.3. The van der Waals surface area contributed by atoms with Gasteiger partial charge in [-0.3, -0.25) is 0 Å². The molecule has 0 aliphatic carbocycles. The Hall–Kier alpha value is -2.11. The highest BCUT2D eigenvalue weighted by Crippen LogP contribution is 2.16. The lowest BCUT2D eigenvalue weighted by Crippen LogP contribution is -2.39. The molecule has 0 unspecified atom stereocenters. The Morgan fingerprint density at radius 2 is 1.92 bits per heavy atom. The Kier molecular flexibility index (Phi) is 5.80. The number of rotatable bonds is 0. The van der Waals surface area contributed by atoms with Crippen molar-refractivity contribution in [2.45, 2.75) is 52.6 Å². The monoisotopic (exact) mass is 336 g/mol. The van der Waals surface area contributed by atoms with Gasteiger partial charge in [-0.15, -0.1) is 4.39 Å². The molecule has 5 nitrogen and oxygen atoms in total. The summed E-state index contributed by atoms with van der Waals surface area (Å²) in [5.41, 5.74) is 1.73. The lowest BCUT2D eigenvalue weighted by Gasteiger charge is -2.29. The van der Waals surface area contributed by atoms with E-state index in [9.17, 15) is 9.18 Å². The number of nitrogens with zero attached hydrogens (tertiary/aromatic N) is 2. The Bertz CT molecular complexity index is 685. The summed E-state index contributed by atoms with van der Waals surface area (Å²) in [5.74, 6) is 0. The average molecular weight is 336 g/mol. The summed E-state index contributed by atoms with van der Waals surface area (Å²) in [6.45, 7) is 9.32. The van der Waals surface area contributed by atoms with Gasteiger partial charge < -0.3 is 14.1 Å². The highest BCUT2D eigenvalue weighted by Gasteiger charge is 2.22. The fourth-order valence-electron chi connectivity index (χ4n) is 2.41. The van der Waals surface area contributed by atoms with Gasteiger partial charge in [0.1, 0.15) is 11.1 Å². The number of fused-ring (bicyclic) bond motifs is 1. The number of carbonyl (C=O) groups excluding carboxylic acids is 1. The number of benzene rings is 1. The molecule has 0 saturated carbocycles. The van der Waals surface area contributed by atoms with E-state index in [1.807, 2.05) is 33.8 Å². The van der Waals surface area contributed by atoms with Gasteiger partial charge in [-0.05, 0) is 64.7 Å². The molecule has 1 aromatic heterocycles. The number of carbonyl (C=O) groups is 1. The van der Waals surface area contributed by atoms with Gasteiger partial charge in [0.25, 0.3) is 0 Å². The number of piperidine rings is 1. The van der Waals surface area contributed by atoms with Crippen LogP contribution in [0.3, 0.4) is 0 Å². The van der Waals surface area contributed by atoms with Crippen molar-refractivity contribution in [3.05, 3.63) is 29.9 Å². The van der Waals surface area contributed by atoms with Crippen LogP contribution >= 0.6 is 0 Å². The van der Waals surface area contributed by atoms with Gasteiger partial charge in [0, 0.05) is 13.1 Å². The van der Waals surface area contributed by atoms with Crippen LogP contribution in [0, 0.1) is 13.1 Å². The maximum atomic E-state index is 12.4. The third-order valence-electron chi connectivity index (χ3n) is 3.53. The highest BCUT2D eigenvalue weighted by atomic mass is 19.1. The summed E-state index contributed by atoms with van der Waals surface area (Å²) >= 11 is 0. The molecule has 2 aromatic rings. The van der Waals surface area contributed by atoms with Gasteiger partial charge in [0.2, 0.25) is 0 Å². The first-order valence-corrected chi connectivity index (χ1v) is 8.25. The molecule has 0 N–H and O–H groups in total. The Morgan fingerprint density at radius 1 is 1.25 bits per heavy atom. The zero-order valence-electron chi connectivity index (χ0n) is 14.8. The van der Waals surface area contributed by atoms with Crippen molar-refractivity contribution in [3.8, 4) is 0 Å². The highest BCUT2D eigenvalue weighted by molar-refractivity contribution is 5.72. The lowest BCUT2D eigenvalue weighted by atomic mass is 10.1. The molecule has 0 atom stereocenters. The Balaban J connectivity index is 0.000000175. The molecule has 0 bridgehead atoms. The molecule has 0 radical (unpaired) electrons. The van der Waals surface area contributed by atoms with Crippen LogP contribution in [0.25, 0.3) is 11.1 Å². The standard InChI is InChI=1S/C10H19NO2.C8H6FNO/c1-10(2,3)13-9(12)11-7-5-4-6-8-11;1-5-2-3-6-7(4-5)11-8(9)10-6/h4-8H2,1-3H3;2-4H,1H3. The summed E-state index contributed by atoms with van der Waals surface area (Å²) in [7, 11) is 0. The normalized spacial score (nSPS) is 15.0. The van der Waals surface area contributed by atoms with E-state index in [4.69, 9.17) is 4.74 Å². The molecule has 1 aliphatic rings. The fourth-order valence-corrected chi connectivity index (χ4v) is 2.41. The summed E-state index contributed by atoms with van der Waals surface area (Å²) in [6, 6.07) is 5.35. The van der Waals surface area contributed by atoms with Gasteiger partial charge in [0.15, 0.2) is 5.58 Å². The van der Waals surface area contributed by atoms with Crippen LogP contribution in [0.2, 0.25) is 0 Å². The summed E-state index contributed by atoms with van der Waals surface area (Å²) in [4.78, 5) is 16.8. The van der Waals surface area contributed by atoms with Crippen molar-refractivity contribution in [3.63, 3.8) is 0 Å². The maximum absolute atomic E-state index is 12.4. The van der Waals surface area contributed by atoms with Crippen molar-refractivity contribution >= 4 is 17.2 Å². The van der Waals surface area contributed by atoms with E-state index < -0.39 is 6.14 Å². The first-order chi connectivity index (χ1) is 11.2. The van der Waals surface area contributed by atoms with Gasteiger partial charge in [0.05, 0.1) is 0 Å². The van der Waals surface area contributed by atoms with Crippen molar-refractivity contribution < 1.29 is 18.3 Å². The van der Waals surface area contributed by atoms with Crippen LogP contribution in [0.4, 0.5) is 9.18 Å². The number of aryl methyl sites for hydroxylation is 1. The molecule has 132 valence electrons. The Labute approximate surface area is 141 Å². The van der Waals surface area contributed by atoms with Crippen LogP contribution < -0.4 is 0 Å². The molecule has 3 rings (SSSR count). The molecular weight excluding hydrogens is 311 g/mol. The largest absolute Gasteiger partial charge is 0.444 e. The predicted octanol–water partition coefficient (Wildman–Crippen LogP) is 4.68. The molecule has 1 amide bonds. The molecule has 24 heavy (non-hydrogen) atoms. The molecule has 1 aliphatic heterocycles. The quantitative estimate of drug-likeness (QED) is 0.701. The predicted molar refractivity (Wildman–Crippen MR) is 90.4 cm³/mol. The molecule has 6 heteroatoms. The number of hydrogen-bond donors (Lipinski definition) is 0. The number of amides is 1. The smallest absolute Gasteiger partial charge is 0.410 e. The number of aromatic nitrogens is 1. The third kappa shape index (κ3) is 5.51. The fraction of sp³-hybridized carbons (Fsp3) is 0.556. The summed E-state index contributed by atoms with van der Waals surface area (Å²) in [6.07, 6.45) is 2.52. The van der Waals surface area contributed by atoms with E-state index in [0.717, 1.165) is 31.5 Å². The SMILES string of the molecule is CC(C)(C)OC(=O)N1CCCCC1.Cc1ccc2nc(F)oc2c1. The second-order valence-corrected chi connectivity index (χ2v) is 6.97. The number of hydrogen-bond acceptors (Lipinski definition) is 4. The van der Waals surface area contributed by atoms with Crippen LogP contribution in [0.15, 0.2) is 22.6 Å². The van der Waals surface area contributed by atoms with Crippen LogP contribution in [-0.2, 0) is 4.74 Å². The van der Waals surface area contributed by atoms with E-state index in [1.54, 1.807) is 17.0 Å². The minimum absolute atomic E-state index is 0.160. The topological polar surface area (TPSA) is 55.6 Å². The molecule has 0 spiro atoms. The second-order valence-electron chi connectivity index (χ2n) is 6.97. The van der Waals surface area contributed by atoms with Crippen molar-refractivity contribution in [1.29, 1.82) is 0 Å². The van der Waals surface area contributed by atoms with E-state index in [2.05, 4.69) is 9.40 Å². The van der Waals surface area contributed by atoms with Gasteiger partial charge >= 0.3 is 12.2 Å². The average Bonchev–Trinajstić information content (AvgIpc) is 2.86. The number of oxazole rings is 1. The lowest BCUT2D eigenvalue weighted by molar-refractivity contribution is 0.0216. The van der Waals surface area contributed by atoms with E-state index in [1.165, 1.54) is 6.42 Å². The molecule has 1 saturated heterocycles. The van der Waals surface area contributed by atoms with Crippen molar-refractivity contribution in [1.82, 2.24) is 9.88 Å². The molecule has 1 aromatic carbocycles. The van der Waals surface area contributed by atoms with Gasteiger partial charge in [-0.25, -0.2) is 4.79 Å². The van der Waals surface area contributed by atoms with Crippen molar-refractivity contribution in [2.24, 2.45) is 0 Å². The van der Waals surface area contributed by atoms with Crippen LogP contribution in [-0.4, -0.2) is 34.7 Å². The molecule has 1 fully saturated rings. The number of halogens is 1. The van der Waals surface area contributed by atoms with Gasteiger partial charge in [-0.2, -0.15) is 4.98 Å². The van der Waals surface area contributed by atoms with E-state index >= 15 is 0 Å². The van der Waals surface area contributed by atoms with E-state index in [-0.39, 0.29) is 11.7 Å². The zero-order valence-corrected chi connectivity index (χ0v) is 14.8. The third-order valence-corrected chi connectivity index (χ3v) is 3.53. The Morgan fingerprint density at radius 3 is 2.54 bits per heavy atom.